The van der Waals surface area contributed by atoms with E-state index < -0.39 is 28.5 Å². The van der Waals surface area contributed by atoms with Crippen molar-refractivity contribution in [2.45, 2.75) is 70.0 Å². The van der Waals surface area contributed by atoms with Gasteiger partial charge in [0.25, 0.3) is 10.0 Å². The minimum atomic E-state index is -4.07. The minimum Gasteiger partial charge on any atom is -0.352 e. The Kier molecular flexibility index (Phi) is 9.07. The van der Waals surface area contributed by atoms with Crippen LogP contribution in [0.3, 0.4) is 0 Å². The summed E-state index contributed by atoms with van der Waals surface area (Å²) < 4.78 is 28.9. The molecule has 4 rings (SSSR count). The molecule has 2 amide bonds. The van der Waals surface area contributed by atoms with Crippen LogP contribution in [0.5, 0.6) is 0 Å². The molecule has 3 aromatic carbocycles. The van der Waals surface area contributed by atoms with Gasteiger partial charge in [0, 0.05) is 12.6 Å². The van der Waals surface area contributed by atoms with Gasteiger partial charge in [0.2, 0.25) is 11.8 Å². The number of hydrogen-bond donors (Lipinski definition) is 1. The Balaban J connectivity index is 1.69. The average Bonchev–Trinajstić information content (AvgIpc) is 3.43. The van der Waals surface area contributed by atoms with Crippen molar-refractivity contribution in [3.05, 3.63) is 95.6 Å². The predicted octanol–water partition coefficient (Wildman–Crippen LogP) is 4.97. The van der Waals surface area contributed by atoms with Gasteiger partial charge in [-0.05, 0) is 74.6 Å². The Morgan fingerprint density at radius 1 is 0.897 bits per heavy atom. The maximum atomic E-state index is 14.0. The molecule has 1 atom stereocenters. The van der Waals surface area contributed by atoms with E-state index in [1.165, 1.54) is 17.0 Å². The molecule has 206 valence electrons. The monoisotopic (exact) mass is 547 g/mol. The van der Waals surface area contributed by atoms with Crippen LogP contribution in [-0.2, 0) is 26.2 Å². The van der Waals surface area contributed by atoms with Gasteiger partial charge >= 0.3 is 0 Å². The molecule has 0 radical (unpaired) electrons. The Hall–Kier alpha value is -3.65. The SMILES string of the molecule is Cc1cc(C)cc(N(CC(=O)N(Cc2ccccc2)C(C)C(=O)NC2CCCC2)S(=O)(=O)c2ccccc2)c1. The lowest BCUT2D eigenvalue weighted by atomic mass is 10.1. The third-order valence-electron chi connectivity index (χ3n) is 7.17. The molecule has 0 aromatic heterocycles. The summed E-state index contributed by atoms with van der Waals surface area (Å²) in [6, 6.07) is 22.4. The molecule has 3 aromatic rings. The van der Waals surface area contributed by atoms with Gasteiger partial charge in [-0.3, -0.25) is 13.9 Å². The fourth-order valence-electron chi connectivity index (χ4n) is 5.10. The fourth-order valence-corrected chi connectivity index (χ4v) is 6.52. The first kappa shape index (κ1) is 28.4. The molecule has 7 nitrogen and oxygen atoms in total. The molecule has 0 heterocycles. The number of anilines is 1. The lowest BCUT2D eigenvalue weighted by molar-refractivity contribution is -0.139. The highest BCUT2D eigenvalue weighted by atomic mass is 32.2. The van der Waals surface area contributed by atoms with Gasteiger partial charge in [0.1, 0.15) is 12.6 Å². The largest absolute Gasteiger partial charge is 0.352 e. The van der Waals surface area contributed by atoms with Crippen molar-refractivity contribution in [2.75, 3.05) is 10.8 Å². The summed E-state index contributed by atoms with van der Waals surface area (Å²) in [5.41, 5.74) is 3.04. The molecule has 8 heteroatoms. The number of carbonyl (C=O) groups is 2. The standard InChI is InChI=1S/C31H37N3O4S/c1-23-18-24(2)20-28(19-23)34(39(37,38)29-16-8-5-9-17-29)22-30(35)33(21-26-12-6-4-7-13-26)25(3)31(36)32-27-14-10-11-15-27/h4-9,12-13,16-20,25,27H,10-11,14-15,21-22H2,1-3H3,(H,32,36). The van der Waals surface area contributed by atoms with E-state index in [-0.39, 0.29) is 23.4 Å². The summed E-state index contributed by atoms with van der Waals surface area (Å²) in [6.45, 7) is 5.24. The maximum absolute atomic E-state index is 14.0. The zero-order chi connectivity index (χ0) is 28.0. The van der Waals surface area contributed by atoms with E-state index in [2.05, 4.69) is 5.32 Å². The number of nitrogens with zero attached hydrogens (tertiary/aromatic N) is 2. The average molecular weight is 548 g/mol. The Labute approximate surface area is 231 Å². The van der Waals surface area contributed by atoms with Crippen LogP contribution in [0.25, 0.3) is 0 Å². The van der Waals surface area contributed by atoms with Gasteiger partial charge in [-0.15, -0.1) is 0 Å². The molecule has 0 spiro atoms. The van der Waals surface area contributed by atoms with Gasteiger partial charge in [-0.25, -0.2) is 8.42 Å². The zero-order valence-corrected chi connectivity index (χ0v) is 23.7. The van der Waals surface area contributed by atoms with Gasteiger partial charge in [0.15, 0.2) is 0 Å². The van der Waals surface area contributed by atoms with Crippen molar-refractivity contribution < 1.29 is 18.0 Å². The first-order valence-corrected chi connectivity index (χ1v) is 14.9. The van der Waals surface area contributed by atoms with E-state index in [0.29, 0.717) is 5.69 Å². The summed E-state index contributed by atoms with van der Waals surface area (Å²) in [4.78, 5) is 28.8. The van der Waals surface area contributed by atoms with Crippen LogP contribution >= 0.6 is 0 Å². The number of nitrogens with one attached hydrogen (secondary N) is 1. The van der Waals surface area contributed by atoms with E-state index in [4.69, 9.17) is 0 Å². The van der Waals surface area contributed by atoms with Crippen LogP contribution in [0, 0.1) is 13.8 Å². The highest BCUT2D eigenvalue weighted by Crippen LogP contribution is 2.27. The Morgan fingerprint density at radius 3 is 2.05 bits per heavy atom. The van der Waals surface area contributed by atoms with E-state index in [1.807, 2.05) is 50.2 Å². The Morgan fingerprint density at radius 2 is 1.46 bits per heavy atom. The molecule has 0 saturated heterocycles. The molecule has 0 aliphatic heterocycles. The minimum absolute atomic E-state index is 0.0959. The number of rotatable bonds is 10. The molecule has 0 bridgehead atoms. The summed E-state index contributed by atoms with van der Waals surface area (Å²) in [7, 11) is -4.07. The van der Waals surface area contributed by atoms with Crippen LogP contribution in [0.2, 0.25) is 0 Å². The van der Waals surface area contributed by atoms with Crippen LogP contribution in [-0.4, -0.2) is 43.8 Å². The number of aryl methyl sites for hydroxylation is 2. The van der Waals surface area contributed by atoms with Gasteiger partial charge in [-0.1, -0.05) is 67.4 Å². The lowest BCUT2D eigenvalue weighted by Crippen LogP contribution is -2.52. The first-order chi connectivity index (χ1) is 18.6. The second kappa shape index (κ2) is 12.5. The molecule has 1 N–H and O–H groups in total. The van der Waals surface area contributed by atoms with Gasteiger partial charge in [-0.2, -0.15) is 0 Å². The second-order valence-electron chi connectivity index (χ2n) is 10.3. The molecule has 1 saturated carbocycles. The van der Waals surface area contributed by atoms with Gasteiger partial charge in [0.05, 0.1) is 10.6 Å². The van der Waals surface area contributed by atoms with Crippen LogP contribution in [0.4, 0.5) is 5.69 Å². The van der Waals surface area contributed by atoms with Crippen molar-refractivity contribution >= 4 is 27.5 Å². The van der Waals surface area contributed by atoms with Crippen molar-refractivity contribution in [3.8, 4) is 0 Å². The molecule has 1 aliphatic carbocycles. The van der Waals surface area contributed by atoms with E-state index in [9.17, 15) is 18.0 Å². The van der Waals surface area contributed by atoms with Crippen molar-refractivity contribution in [1.29, 1.82) is 0 Å². The number of amides is 2. The van der Waals surface area contributed by atoms with E-state index in [1.54, 1.807) is 37.3 Å². The van der Waals surface area contributed by atoms with Crippen LogP contribution in [0.1, 0.15) is 49.3 Å². The normalized spacial score (nSPS) is 14.5. The Bertz CT molecular complexity index is 1370. The fraction of sp³-hybridized carbons (Fsp3) is 0.355. The molecule has 1 fully saturated rings. The first-order valence-electron chi connectivity index (χ1n) is 13.4. The lowest BCUT2D eigenvalue weighted by Gasteiger charge is -2.32. The molecule has 1 aliphatic rings. The smallest absolute Gasteiger partial charge is 0.264 e. The summed E-state index contributed by atoms with van der Waals surface area (Å²) >= 11 is 0. The van der Waals surface area contributed by atoms with Crippen LogP contribution < -0.4 is 9.62 Å². The maximum Gasteiger partial charge on any atom is 0.264 e. The second-order valence-corrected chi connectivity index (χ2v) is 12.2. The topological polar surface area (TPSA) is 86.8 Å². The third kappa shape index (κ3) is 7.06. The quantitative estimate of drug-likeness (QED) is 0.388. The number of sulfonamides is 1. The zero-order valence-electron chi connectivity index (χ0n) is 22.8. The summed E-state index contributed by atoms with van der Waals surface area (Å²) in [6.07, 6.45) is 4.02. The third-order valence-corrected chi connectivity index (χ3v) is 8.96. The van der Waals surface area contributed by atoms with Crippen molar-refractivity contribution in [2.24, 2.45) is 0 Å². The number of benzene rings is 3. The molecular weight excluding hydrogens is 510 g/mol. The van der Waals surface area contributed by atoms with Crippen LogP contribution in [0.15, 0.2) is 83.8 Å². The molecule has 39 heavy (non-hydrogen) atoms. The van der Waals surface area contributed by atoms with Crippen molar-refractivity contribution in [3.63, 3.8) is 0 Å². The van der Waals surface area contributed by atoms with Crippen molar-refractivity contribution in [1.82, 2.24) is 10.2 Å². The number of hydrogen-bond acceptors (Lipinski definition) is 4. The van der Waals surface area contributed by atoms with E-state index >= 15 is 0 Å². The molecular formula is C31H37N3O4S. The summed E-state index contributed by atoms with van der Waals surface area (Å²) in [5.74, 6) is -0.679. The molecule has 1 unspecified atom stereocenters. The van der Waals surface area contributed by atoms with Gasteiger partial charge < -0.3 is 10.2 Å². The summed E-state index contributed by atoms with van der Waals surface area (Å²) in [5, 5.41) is 3.09. The highest BCUT2D eigenvalue weighted by molar-refractivity contribution is 7.92. The predicted molar refractivity (Wildman–Crippen MR) is 154 cm³/mol. The van der Waals surface area contributed by atoms with E-state index in [0.717, 1.165) is 46.7 Å². The highest BCUT2D eigenvalue weighted by Gasteiger charge is 2.33. The number of carbonyl (C=O) groups excluding carboxylic acids is 2.